The van der Waals surface area contributed by atoms with Crippen LogP contribution in [0.5, 0.6) is 0 Å². The molecule has 608 valence electrons. The average Bonchev–Trinajstić information content (AvgIpc) is 1.50. The minimum Gasteiger partial charge on any atom is -0.306 e. The summed E-state index contributed by atoms with van der Waals surface area (Å²) in [6.45, 7) is 28.3. The van der Waals surface area contributed by atoms with E-state index in [0.29, 0.717) is 36.1 Å². The Bertz CT molecular complexity index is 5080. The summed E-state index contributed by atoms with van der Waals surface area (Å²) in [6.07, 6.45) is 33.9. The number of fused-ring (bicyclic) bond motifs is 7. The number of benzene rings is 5. The fraction of sp³-hybridized carbons (Fsp3) is 0.434. The van der Waals surface area contributed by atoms with Crippen molar-refractivity contribution in [3.05, 3.63) is 277 Å². The normalized spacial score (nSPS) is 14.9. The Hall–Kier alpha value is -7.28. The number of rotatable bonds is 40. The highest BCUT2D eigenvalue weighted by molar-refractivity contribution is 7.24. The summed E-state index contributed by atoms with van der Waals surface area (Å²) in [5, 5.41) is 0. The largest absolute Gasteiger partial charge is 0.306 e. The molecule has 11 aromatic rings. The number of thiophene rings is 6. The lowest BCUT2D eigenvalue weighted by atomic mass is 9.65. The highest BCUT2D eigenvalue weighted by Gasteiger charge is 2.54. The summed E-state index contributed by atoms with van der Waals surface area (Å²) in [5.74, 6) is 0.805. The molecule has 0 saturated carbocycles. The Labute approximate surface area is 720 Å². The summed E-state index contributed by atoms with van der Waals surface area (Å²) in [5.41, 5.74) is 21.9. The molecule has 4 nitrogen and oxygen atoms in total. The first-order chi connectivity index (χ1) is 56.6. The van der Waals surface area contributed by atoms with Gasteiger partial charge < -0.3 is 9.80 Å². The molecule has 15 rings (SSSR count). The van der Waals surface area contributed by atoms with Crippen molar-refractivity contribution >= 4 is 91.2 Å². The Morgan fingerprint density at radius 2 is 0.612 bits per heavy atom. The summed E-state index contributed by atoms with van der Waals surface area (Å²) in [7, 11) is 0. The molecule has 2 atom stereocenters. The van der Waals surface area contributed by atoms with Crippen LogP contribution in [0.1, 0.15) is 306 Å². The van der Waals surface area contributed by atoms with E-state index >= 15 is 0 Å². The molecule has 2 aliphatic heterocycles. The zero-order chi connectivity index (χ0) is 81.0. The molecular formula is C106H126N2O2S6. The quantitative estimate of drug-likeness (QED) is 0.0359. The predicted octanol–water partition coefficient (Wildman–Crippen LogP) is 31.8. The van der Waals surface area contributed by atoms with Crippen LogP contribution in [0.2, 0.25) is 0 Å². The van der Waals surface area contributed by atoms with Crippen LogP contribution in [-0.4, -0.2) is 34.7 Å². The van der Waals surface area contributed by atoms with E-state index in [1.54, 1.807) is 34.0 Å². The van der Waals surface area contributed by atoms with Crippen LogP contribution in [0.15, 0.2) is 181 Å². The van der Waals surface area contributed by atoms with Gasteiger partial charge in [-0.05, 0) is 254 Å². The summed E-state index contributed by atoms with van der Waals surface area (Å²) >= 11 is 11.1. The lowest BCUT2D eigenvalue weighted by molar-refractivity contribution is -0.124. The van der Waals surface area contributed by atoms with Gasteiger partial charge in [0.25, 0.3) is 11.8 Å². The van der Waals surface area contributed by atoms with Gasteiger partial charge in [-0.25, -0.2) is 0 Å². The molecule has 2 unspecified atom stereocenters. The maximum absolute atomic E-state index is 14.6. The molecule has 0 N–H and O–H groups in total. The molecule has 5 aromatic carbocycles. The lowest BCUT2D eigenvalue weighted by Crippen LogP contribution is -2.34. The van der Waals surface area contributed by atoms with Crippen LogP contribution in [0, 0.1) is 39.5 Å². The van der Waals surface area contributed by atoms with Gasteiger partial charge in [-0.2, -0.15) is 0 Å². The second kappa shape index (κ2) is 39.3. The van der Waals surface area contributed by atoms with Crippen molar-refractivity contribution in [2.45, 2.75) is 274 Å². The highest BCUT2D eigenvalue weighted by atomic mass is 32.1. The Morgan fingerprint density at radius 1 is 0.293 bits per heavy atom. The molecule has 0 fully saturated rings. The van der Waals surface area contributed by atoms with E-state index in [-0.39, 0.29) is 11.8 Å². The molecule has 10 heteroatoms. The third kappa shape index (κ3) is 17.5. The minimum atomic E-state index is -0.487. The van der Waals surface area contributed by atoms with E-state index in [4.69, 9.17) is 0 Å². The topological polar surface area (TPSA) is 40.6 Å². The van der Waals surface area contributed by atoms with Gasteiger partial charge in [0.05, 0.1) is 43.1 Å². The molecular weight excluding hydrogens is 1530 g/mol. The van der Waals surface area contributed by atoms with Gasteiger partial charge in [-0.15, -0.1) is 68.0 Å². The second-order valence-corrected chi connectivity index (χ2v) is 41.2. The van der Waals surface area contributed by atoms with Crippen LogP contribution in [0.4, 0.5) is 0 Å². The second-order valence-electron chi connectivity index (χ2n) is 33.9. The highest BCUT2D eigenvalue weighted by Crippen LogP contribution is 2.66. The number of unbranched alkanes of at least 4 members (excludes halogenated alkanes) is 14. The summed E-state index contributed by atoms with van der Waals surface area (Å²) < 4.78 is 0. The third-order valence-electron chi connectivity index (χ3n) is 25.6. The smallest absolute Gasteiger partial charge is 0.261 e. The number of aryl methyl sites for hydroxylation is 8. The molecule has 8 heterocycles. The monoisotopic (exact) mass is 1650 g/mol. The van der Waals surface area contributed by atoms with Gasteiger partial charge in [-0.1, -0.05) is 268 Å². The predicted molar refractivity (Wildman–Crippen MR) is 506 cm³/mol. The number of carbonyl (C=O) groups excluding carboxylic acids is 2. The van der Waals surface area contributed by atoms with Gasteiger partial charge in [0, 0.05) is 61.9 Å². The molecule has 116 heavy (non-hydrogen) atoms. The van der Waals surface area contributed by atoms with Crippen molar-refractivity contribution < 1.29 is 9.59 Å². The number of nitrogens with zero attached hydrogens (tertiary/aromatic N) is 2. The van der Waals surface area contributed by atoms with Gasteiger partial charge in [0.1, 0.15) is 0 Å². The molecule has 2 amide bonds. The van der Waals surface area contributed by atoms with Crippen molar-refractivity contribution in [1.29, 1.82) is 0 Å². The Kier molecular flexibility index (Phi) is 28.8. The van der Waals surface area contributed by atoms with Crippen LogP contribution < -0.4 is 0 Å². The van der Waals surface area contributed by atoms with Crippen molar-refractivity contribution in [3.63, 3.8) is 0 Å². The van der Waals surface area contributed by atoms with Gasteiger partial charge >= 0.3 is 0 Å². The SMILES string of the molecule is CCCCC(CC)CN1C(=O)C2=C(c3ccc(-c4ccc(C)s4)s3)N(CC(CC)CCCC)C(=O)C2=C1c1ccc(C)s1.CCCCCCc1ccc(C2(c3ccc(CCCCCC)cc3)c3cc4c(cc3-c3sc(C)cc32)C(c2ccc(CCCCCC)cc2)(c2ccc(CCCCCC)cc2)c2cc(-c3ccc(C)s3)sc2-4)cc1. The van der Waals surface area contributed by atoms with E-state index in [1.165, 1.54) is 229 Å². The molecule has 6 aromatic heterocycles. The van der Waals surface area contributed by atoms with E-state index in [9.17, 15) is 9.59 Å². The first-order valence-electron chi connectivity index (χ1n) is 44.9. The van der Waals surface area contributed by atoms with E-state index < -0.39 is 10.8 Å². The van der Waals surface area contributed by atoms with Crippen molar-refractivity contribution in [3.8, 4) is 40.4 Å². The minimum absolute atomic E-state index is 0.000348. The lowest BCUT2D eigenvalue weighted by Gasteiger charge is -2.35. The third-order valence-corrected chi connectivity index (χ3v) is 32.3. The molecule has 0 radical (unpaired) electrons. The van der Waals surface area contributed by atoms with Crippen molar-refractivity contribution in [1.82, 2.24) is 9.80 Å². The number of carbonyl (C=O) groups is 2. The Balaban J connectivity index is 0.000000219. The fourth-order valence-electron chi connectivity index (χ4n) is 19.1. The maximum Gasteiger partial charge on any atom is 0.261 e. The van der Waals surface area contributed by atoms with Crippen LogP contribution >= 0.6 is 68.0 Å². The van der Waals surface area contributed by atoms with Gasteiger partial charge in [-0.3, -0.25) is 9.59 Å². The number of hydrogen-bond acceptors (Lipinski definition) is 8. The van der Waals surface area contributed by atoms with E-state index in [0.717, 1.165) is 98.2 Å². The first kappa shape index (κ1) is 85.1. The molecule has 0 bridgehead atoms. The number of hydrogen-bond donors (Lipinski definition) is 0. The molecule has 4 aliphatic rings. The van der Waals surface area contributed by atoms with Crippen LogP contribution in [0.25, 0.3) is 51.8 Å². The molecule has 0 saturated heterocycles. The van der Waals surface area contributed by atoms with Crippen molar-refractivity contribution in [2.24, 2.45) is 11.8 Å². The van der Waals surface area contributed by atoms with E-state index in [2.05, 4.69) is 253 Å². The molecule has 2 aliphatic carbocycles. The number of amides is 2. The average molecular weight is 1650 g/mol. The summed E-state index contributed by atoms with van der Waals surface area (Å²) in [4.78, 5) is 48.5. The Morgan fingerprint density at radius 3 is 0.966 bits per heavy atom. The van der Waals surface area contributed by atoms with E-state index in [1.807, 2.05) is 43.8 Å². The van der Waals surface area contributed by atoms with Gasteiger partial charge in [0.2, 0.25) is 0 Å². The fourth-order valence-corrected chi connectivity index (χ4v) is 25.3. The first-order valence-corrected chi connectivity index (χ1v) is 49.8. The van der Waals surface area contributed by atoms with Crippen molar-refractivity contribution in [2.75, 3.05) is 13.1 Å². The molecule has 0 spiro atoms. The van der Waals surface area contributed by atoms with Crippen LogP contribution in [0.3, 0.4) is 0 Å². The zero-order valence-corrected chi connectivity index (χ0v) is 76.6. The maximum atomic E-state index is 14.6. The standard InChI is InChI=1S/C70H80S3.C36H46N2O2S3/c1-7-11-15-19-23-51-28-36-55(37-29-51)69(56-38-30-52(31-39-56)24-20-16-12-8-2)61-47-60-62(46-59(61)67-63(69)45-50(6)72-67)70(57-40-32-53(33-41-57)25-21-17-13-9-3,58-42-34-54(35-43-58)26-22-18-14-10-4)64-48-66(73-68(60)64)65-44-27-49(5)71-65;1-7-11-13-25(9-3)21-37-33(29-18-16-24(6)42-29)31-32(36(37)40)34(38(35(31)39)22-26(10-4)14-12-8-2)30-20-19-28(43-30)27-17-15-23(5)41-27/h27-48H,7-26H2,1-6H3;15-20,25-26H,7-14,21-22H2,1-6H3. The summed E-state index contributed by atoms with van der Waals surface area (Å²) in [6, 6.07) is 68.0. The zero-order valence-electron chi connectivity index (χ0n) is 71.7. The van der Waals surface area contributed by atoms with Gasteiger partial charge in [0.15, 0.2) is 0 Å². The van der Waals surface area contributed by atoms with Crippen LogP contribution in [-0.2, 0) is 46.1 Å².